The van der Waals surface area contributed by atoms with Crippen LogP contribution >= 0.6 is 11.6 Å². The minimum atomic E-state index is -0.975. The van der Waals surface area contributed by atoms with E-state index in [0.29, 0.717) is 17.7 Å². The topological polar surface area (TPSA) is 49.8 Å². The first-order chi connectivity index (χ1) is 9.99. The molecule has 1 unspecified atom stereocenters. The van der Waals surface area contributed by atoms with Crippen molar-refractivity contribution in [1.29, 1.82) is 0 Å². The van der Waals surface area contributed by atoms with E-state index in [-0.39, 0.29) is 0 Å². The highest BCUT2D eigenvalue weighted by Gasteiger charge is 2.15. The van der Waals surface area contributed by atoms with Crippen LogP contribution in [0.3, 0.4) is 0 Å². The van der Waals surface area contributed by atoms with Gasteiger partial charge in [0.15, 0.2) is 0 Å². The second kappa shape index (κ2) is 8.70. The molecule has 0 fully saturated rings. The molecule has 1 rings (SSSR count). The van der Waals surface area contributed by atoms with E-state index < -0.39 is 5.97 Å². The molecular formula is C16H22ClNO3. The van der Waals surface area contributed by atoms with Crippen molar-refractivity contribution < 1.29 is 14.6 Å². The number of carbonyl (C=O) groups is 1. The van der Waals surface area contributed by atoms with Crippen LogP contribution in [0.25, 0.3) is 6.08 Å². The first-order valence-corrected chi connectivity index (χ1v) is 7.33. The zero-order valence-corrected chi connectivity index (χ0v) is 13.4. The third kappa shape index (κ3) is 5.40. The molecule has 5 heteroatoms. The molecule has 0 saturated carbocycles. The fraction of sp³-hybridized carbons (Fsp3) is 0.438. The molecule has 1 atom stereocenters. The van der Waals surface area contributed by atoms with Gasteiger partial charge in [-0.05, 0) is 37.1 Å². The van der Waals surface area contributed by atoms with Crippen LogP contribution in [0, 0.1) is 0 Å². The van der Waals surface area contributed by atoms with Gasteiger partial charge in [0.05, 0.1) is 17.3 Å². The molecule has 4 nitrogen and oxygen atoms in total. The summed E-state index contributed by atoms with van der Waals surface area (Å²) in [5.74, 6) is -0.975. The largest absolute Gasteiger partial charge is 0.478 e. The fourth-order valence-electron chi connectivity index (χ4n) is 2.02. The molecule has 0 aliphatic carbocycles. The molecular weight excluding hydrogens is 290 g/mol. The standard InChI is InChI=1S/C16H22ClNO3/c1-4-12(2)18(9-10-21-3)15-7-5-13(11-14(15)17)6-8-16(19)20/h5-8,11-12H,4,9-10H2,1-3H3,(H,19,20)/b8-6+. The Bertz CT molecular complexity index is 502. The number of rotatable bonds is 8. The van der Waals surface area contributed by atoms with Crippen LogP contribution in [0.4, 0.5) is 5.69 Å². The lowest BCUT2D eigenvalue weighted by Gasteiger charge is -2.31. The minimum absolute atomic E-state index is 0.345. The Morgan fingerprint density at radius 3 is 2.76 bits per heavy atom. The first kappa shape index (κ1) is 17.5. The Balaban J connectivity index is 3.01. The van der Waals surface area contributed by atoms with Gasteiger partial charge in [-0.15, -0.1) is 0 Å². The molecule has 0 aliphatic heterocycles. The second-order valence-corrected chi connectivity index (χ2v) is 5.23. The number of anilines is 1. The van der Waals surface area contributed by atoms with Crippen LogP contribution in [0.1, 0.15) is 25.8 Å². The normalized spacial score (nSPS) is 12.6. The minimum Gasteiger partial charge on any atom is -0.478 e. The highest BCUT2D eigenvalue weighted by Crippen LogP contribution is 2.29. The Morgan fingerprint density at radius 1 is 1.52 bits per heavy atom. The third-order valence-corrected chi connectivity index (χ3v) is 3.66. The molecule has 0 amide bonds. The average Bonchev–Trinajstić information content (AvgIpc) is 2.46. The van der Waals surface area contributed by atoms with Crippen LogP contribution in [0.15, 0.2) is 24.3 Å². The number of carboxylic acid groups (broad SMARTS) is 1. The molecule has 0 bridgehead atoms. The summed E-state index contributed by atoms with van der Waals surface area (Å²) in [6, 6.07) is 5.91. The van der Waals surface area contributed by atoms with Gasteiger partial charge in [0.2, 0.25) is 0 Å². The average molecular weight is 312 g/mol. The van der Waals surface area contributed by atoms with Crippen molar-refractivity contribution in [2.45, 2.75) is 26.3 Å². The number of ether oxygens (including phenoxy) is 1. The highest BCUT2D eigenvalue weighted by molar-refractivity contribution is 6.33. The van der Waals surface area contributed by atoms with Gasteiger partial charge in [-0.3, -0.25) is 0 Å². The lowest BCUT2D eigenvalue weighted by Crippen LogP contribution is -2.35. The molecule has 0 radical (unpaired) electrons. The van der Waals surface area contributed by atoms with Crippen LogP contribution in [0.2, 0.25) is 5.02 Å². The molecule has 0 saturated heterocycles. The number of benzene rings is 1. The van der Waals surface area contributed by atoms with Crippen molar-refractivity contribution in [1.82, 2.24) is 0 Å². The maximum absolute atomic E-state index is 10.5. The fourth-order valence-corrected chi connectivity index (χ4v) is 2.31. The second-order valence-electron chi connectivity index (χ2n) is 4.83. The Labute approximate surface area is 131 Å². The van der Waals surface area contributed by atoms with E-state index in [2.05, 4.69) is 18.7 Å². The lowest BCUT2D eigenvalue weighted by atomic mass is 10.1. The zero-order chi connectivity index (χ0) is 15.8. The predicted octanol–water partition coefficient (Wildman–Crippen LogP) is 3.69. The van der Waals surface area contributed by atoms with Gasteiger partial charge >= 0.3 is 5.97 Å². The number of nitrogens with zero attached hydrogens (tertiary/aromatic N) is 1. The zero-order valence-electron chi connectivity index (χ0n) is 12.7. The molecule has 1 aromatic carbocycles. The first-order valence-electron chi connectivity index (χ1n) is 6.95. The van der Waals surface area contributed by atoms with Crippen molar-refractivity contribution in [3.05, 3.63) is 34.9 Å². The van der Waals surface area contributed by atoms with Gasteiger partial charge in [-0.25, -0.2) is 4.79 Å². The number of methoxy groups -OCH3 is 1. The summed E-state index contributed by atoms with van der Waals surface area (Å²) in [7, 11) is 1.68. The molecule has 1 N–H and O–H groups in total. The molecule has 0 aromatic heterocycles. The summed E-state index contributed by atoms with van der Waals surface area (Å²) >= 11 is 6.36. The Hall–Kier alpha value is -1.52. The number of aliphatic carboxylic acids is 1. The van der Waals surface area contributed by atoms with E-state index in [4.69, 9.17) is 21.4 Å². The van der Waals surface area contributed by atoms with E-state index in [9.17, 15) is 4.79 Å². The van der Waals surface area contributed by atoms with E-state index in [1.165, 1.54) is 6.08 Å². The van der Waals surface area contributed by atoms with Gasteiger partial charge in [0, 0.05) is 25.8 Å². The highest BCUT2D eigenvalue weighted by atomic mass is 35.5. The van der Waals surface area contributed by atoms with Gasteiger partial charge in [-0.1, -0.05) is 24.6 Å². The van der Waals surface area contributed by atoms with Crippen molar-refractivity contribution in [3.8, 4) is 0 Å². The maximum atomic E-state index is 10.5. The summed E-state index contributed by atoms with van der Waals surface area (Å²) in [6.07, 6.45) is 3.63. The van der Waals surface area contributed by atoms with Crippen LogP contribution < -0.4 is 4.90 Å². The van der Waals surface area contributed by atoms with E-state index in [1.807, 2.05) is 12.1 Å². The molecule has 21 heavy (non-hydrogen) atoms. The Morgan fingerprint density at radius 2 is 2.24 bits per heavy atom. The summed E-state index contributed by atoms with van der Waals surface area (Å²) < 4.78 is 5.16. The number of carboxylic acids is 1. The molecule has 1 aromatic rings. The number of hydrogen-bond donors (Lipinski definition) is 1. The molecule has 0 aliphatic rings. The van der Waals surface area contributed by atoms with Gasteiger partial charge < -0.3 is 14.7 Å². The van der Waals surface area contributed by atoms with Crippen LogP contribution in [-0.4, -0.2) is 37.4 Å². The van der Waals surface area contributed by atoms with E-state index in [0.717, 1.165) is 30.3 Å². The lowest BCUT2D eigenvalue weighted by molar-refractivity contribution is -0.131. The maximum Gasteiger partial charge on any atom is 0.328 e. The quantitative estimate of drug-likeness (QED) is 0.744. The van der Waals surface area contributed by atoms with E-state index >= 15 is 0 Å². The predicted molar refractivity (Wildman–Crippen MR) is 87.1 cm³/mol. The molecule has 0 heterocycles. The molecule has 0 spiro atoms. The van der Waals surface area contributed by atoms with Crippen molar-refractivity contribution >= 4 is 29.3 Å². The van der Waals surface area contributed by atoms with Gasteiger partial charge in [-0.2, -0.15) is 0 Å². The van der Waals surface area contributed by atoms with Crippen molar-refractivity contribution in [2.75, 3.05) is 25.2 Å². The SMILES string of the molecule is CCC(C)N(CCOC)c1ccc(/C=C/C(=O)O)cc1Cl. The molecule has 116 valence electrons. The summed E-state index contributed by atoms with van der Waals surface area (Å²) in [5, 5.41) is 9.26. The summed E-state index contributed by atoms with van der Waals surface area (Å²) in [4.78, 5) is 12.7. The third-order valence-electron chi connectivity index (χ3n) is 3.36. The Kier molecular flexibility index (Phi) is 7.26. The van der Waals surface area contributed by atoms with E-state index in [1.54, 1.807) is 13.2 Å². The number of hydrogen-bond acceptors (Lipinski definition) is 3. The van der Waals surface area contributed by atoms with Gasteiger partial charge in [0.1, 0.15) is 0 Å². The monoisotopic (exact) mass is 311 g/mol. The van der Waals surface area contributed by atoms with Crippen molar-refractivity contribution in [3.63, 3.8) is 0 Å². The summed E-state index contributed by atoms with van der Waals surface area (Å²) in [5.41, 5.74) is 1.71. The van der Waals surface area contributed by atoms with Crippen LogP contribution in [-0.2, 0) is 9.53 Å². The summed E-state index contributed by atoms with van der Waals surface area (Å²) in [6.45, 7) is 5.66. The smallest absolute Gasteiger partial charge is 0.328 e. The van der Waals surface area contributed by atoms with Gasteiger partial charge in [0.25, 0.3) is 0 Å². The van der Waals surface area contributed by atoms with Crippen molar-refractivity contribution in [2.24, 2.45) is 0 Å². The number of halogens is 1. The van der Waals surface area contributed by atoms with Crippen LogP contribution in [0.5, 0.6) is 0 Å².